The number of rotatable bonds is 8. The van der Waals surface area contributed by atoms with E-state index in [4.69, 9.17) is 0 Å². The summed E-state index contributed by atoms with van der Waals surface area (Å²) >= 11 is 0. The van der Waals surface area contributed by atoms with Gasteiger partial charge in [0.1, 0.15) is 18.7 Å². The minimum absolute atomic E-state index is 0.541. The predicted molar refractivity (Wildman–Crippen MR) is 88.7 cm³/mol. The van der Waals surface area contributed by atoms with Gasteiger partial charge in [0.15, 0.2) is 5.96 Å². The number of aromatic nitrogens is 3. The first-order valence-corrected chi connectivity index (χ1v) is 8.37. The van der Waals surface area contributed by atoms with Crippen molar-refractivity contribution in [3.63, 3.8) is 0 Å². The van der Waals surface area contributed by atoms with Crippen molar-refractivity contribution in [2.24, 2.45) is 12.0 Å². The molecule has 2 heterocycles. The van der Waals surface area contributed by atoms with Gasteiger partial charge in [0.25, 0.3) is 0 Å². The molecular weight excluding hydrogens is 278 g/mol. The van der Waals surface area contributed by atoms with Crippen LogP contribution in [0.3, 0.4) is 0 Å². The van der Waals surface area contributed by atoms with Crippen LogP contribution in [-0.4, -0.2) is 58.3 Å². The number of nitrogens with one attached hydrogen (secondary N) is 2. The molecule has 0 aliphatic carbocycles. The summed E-state index contributed by atoms with van der Waals surface area (Å²) in [6.45, 7) is 8.24. The van der Waals surface area contributed by atoms with Crippen LogP contribution >= 0.6 is 0 Å². The number of likely N-dealkylation sites (tertiary alicyclic amines) is 1. The van der Waals surface area contributed by atoms with Crippen LogP contribution in [0.25, 0.3) is 0 Å². The van der Waals surface area contributed by atoms with E-state index < -0.39 is 0 Å². The second-order valence-corrected chi connectivity index (χ2v) is 5.68. The zero-order valence-corrected chi connectivity index (χ0v) is 13.9. The number of hydrogen-bond donors (Lipinski definition) is 2. The lowest BCUT2D eigenvalue weighted by molar-refractivity contribution is 0.330. The maximum absolute atomic E-state index is 4.55. The number of aryl methyl sites for hydroxylation is 1. The zero-order valence-electron chi connectivity index (χ0n) is 13.9. The van der Waals surface area contributed by atoms with Crippen molar-refractivity contribution < 1.29 is 0 Å². The molecule has 124 valence electrons. The number of hydrogen-bond acceptors (Lipinski definition) is 4. The van der Waals surface area contributed by atoms with Crippen LogP contribution < -0.4 is 10.6 Å². The largest absolute Gasteiger partial charge is 0.357 e. The van der Waals surface area contributed by atoms with Crippen molar-refractivity contribution in [1.29, 1.82) is 0 Å². The summed E-state index contributed by atoms with van der Waals surface area (Å²) in [6, 6.07) is 0. The second kappa shape index (κ2) is 9.40. The minimum atomic E-state index is 0.541. The molecule has 0 radical (unpaired) electrons. The maximum Gasteiger partial charge on any atom is 0.191 e. The maximum atomic E-state index is 4.55. The Bertz CT molecular complexity index is 448. The molecule has 0 aromatic carbocycles. The van der Waals surface area contributed by atoms with Crippen molar-refractivity contribution in [3.8, 4) is 0 Å². The fraction of sp³-hybridized carbons (Fsp3) is 0.800. The molecule has 1 aromatic heterocycles. The van der Waals surface area contributed by atoms with Gasteiger partial charge in [-0.3, -0.25) is 4.68 Å². The zero-order chi connectivity index (χ0) is 15.6. The summed E-state index contributed by atoms with van der Waals surface area (Å²) in [6.07, 6.45) is 6.72. The van der Waals surface area contributed by atoms with Crippen molar-refractivity contribution in [3.05, 3.63) is 12.2 Å². The van der Waals surface area contributed by atoms with E-state index in [1.807, 2.05) is 7.05 Å². The average molecular weight is 307 g/mol. The number of unbranched alkanes of at least 4 members (excludes halogenated alkanes) is 1. The molecular formula is C15H29N7. The summed E-state index contributed by atoms with van der Waals surface area (Å²) in [5.74, 6) is 1.72. The third-order valence-electron chi connectivity index (χ3n) is 3.92. The van der Waals surface area contributed by atoms with Gasteiger partial charge in [-0.2, -0.15) is 5.10 Å². The van der Waals surface area contributed by atoms with Gasteiger partial charge in [0, 0.05) is 20.1 Å². The topological polar surface area (TPSA) is 70.4 Å². The Morgan fingerprint density at radius 2 is 2.09 bits per heavy atom. The molecule has 1 fully saturated rings. The van der Waals surface area contributed by atoms with E-state index in [0.717, 1.165) is 24.9 Å². The van der Waals surface area contributed by atoms with Crippen LogP contribution in [0.1, 0.15) is 38.4 Å². The lowest BCUT2D eigenvalue weighted by Crippen LogP contribution is -2.38. The Labute approximate surface area is 133 Å². The van der Waals surface area contributed by atoms with E-state index >= 15 is 0 Å². The Kier molecular flexibility index (Phi) is 7.15. The molecule has 0 unspecified atom stereocenters. The summed E-state index contributed by atoms with van der Waals surface area (Å²) in [4.78, 5) is 11.3. The van der Waals surface area contributed by atoms with Gasteiger partial charge in [-0.05, 0) is 52.2 Å². The first kappa shape index (κ1) is 16.7. The number of aliphatic imine (C=N–C) groups is 1. The Morgan fingerprint density at radius 1 is 1.27 bits per heavy atom. The van der Waals surface area contributed by atoms with Crippen molar-refractivity contribution in [2.45, 2.75) is 39.2 Å². The summed E-state index contributed by atoms with van der Waals surface area (Å²) in [5, 5.41) is 10.7. The highest BCUT2D eigenvalue weighted by Crippen LogP contribution is 2.07. The van der Waals surface area contributed by atoms with Crippen LogP contribution in [0, 0.1) is 0 Å². The van der Waals surface area contributed by atoms with E-state index in [-0.39, 0.29) is 0 Å². The molecule has 7 heteroatoms. The van der Waals surface area contributed by atoms with Crippen LogP contribution in [0.15, 0.2) is 11.3 Å². The Morgan fingerprint density at radius 3 is 2.77 bits per heavy atom. The van der Waals surface area contributed by atoms with Crippen molar-refractivity contribution >= 4 is 5.96 Å². The molecule has 1 aliphatic rings. The highest BCUT2D eigenvalue weighted by Gasteiger charge is 2.10. The fourth-order valence-electron chi connectivity index (χ4n) is 2.63. The summed E-state index contributed by atoms with van der Waals surface area (Å²) in [7, 11) is 1.89. The third-order valence-corrected chi connectivity index (χ3v) is 3.92. The molecule has 1 aliphatic heterocycles. The van der Waals surface area contributed by atoms with E-state index in [1.165, 1.54) is 45.3 Å². The van der Waals surface area contributed by atoms with Gasteiger partial charge < -0.3 is 15.5 Å². The first-order valence-electron chi connectivity index (χ1n) is 8.37. The quantitative estimate of drug-likeness (QED) is 0.421. The summed E-state index contributed by atoms with van der Waals surface area (Å²) < 4.78 is 1.75. The van der Waals surface area contributed by atoms with Gasteiger partial charge in [-0.25, -0.2) is 9.98 Å². The Hall–Kier alpha value is -1.63. The van der Waals surface area contributed by atoms with Gasteiger partial charge in [-0.15, -0.1) is 0 Å². The fourth-order valence-corrected chi connectivity index (χ4v) is 2.63. The van der Waals surface area contributed by atoms with Crippen molar-refractivity contribution in [1.82, 2.24) is 30.3 Å². The smallest absolute Gasteiger partial charge is 0.191 e. The van der Waals surface area contributed by atoms with Crippen LogP contribution in [0.5, 0.6) is 0 Å². The molecule has 0 saturated carbocycles. The van der Waals surface area contributed by atoms with Crippen molar-refractivity contribution in [2.75, 3.05) is 32.7 Å². The molecule has 7 nitrogen and oxygen atoms in total. The molecule has 2 rings (SSSR count). The number of nitrogens with zero attached hydrogens (tertiary/aromatic N) is 5. The molecule has 0 atom stereocenters. The van der Waals surface area contributed by atoms with E-state index in [9.17, 15) is 0 Å². The monoisotopic (exact) mass is 307 g/mol. The minimum Gasteiger partial charge on any atom is -0.357 e. The van der Waals surface area contributed by atoms with E-state index in [0.29, 0.717) is 6.54 Å². The molecule has 2 N–H and O–H groups in total. The SMILES string of the molecule is CCNC(=NCc1ncnn1C)NCCCCN1CCCC1. The molecule has 22 heavy (non-hydrogen) atoms. The normalized spacial score (nSPS) is 16.2. The van der Waals surface area contributed by atoms with Gasteiger partial charge in [-0.1, -0.05) is 0 Å². The molecule has 0 spiro atoms. The van der Waals surface area contributed by atoms with E-state index in [1.54, 1.807) is 11.0 Å². The van der Waals surface area contributed by atoms with Crippen LogP contribution in [0.2, 0.25) is 0 Å². The van der Waals surface area contributed by atoms with Gasteiger partial charge in [0.2, 0.25) is 0 Å². The highest BCUT2D eigenvalue weighted by atomic mass is 15.3. The predicted octanol–water partition coefficient (Wildman–Crippen LogP) is 0.746. The average Bonchev–Trinajstić information content (AvgIpc) is 3.16. The molecule has 1 aromatic rings. The van der Waals surface area contributed by atoms with E-state index in [2.05, 4.69) is 37.5 Å². The molecule has 1 saturated heterocycles. The lowest BCUT2D eigenvalue weighted by Gasteiger charge is -2.15. The molecule has 0 bridgehead atoms. The van der Waals surface area contributed by atoms with Gasteiger partial charge in [0.05, 0.1) is 0 Å². The first-order chi connectivity index (χ1) is 10.8. The summed E-state index contributed by atoms with van der Waals surface area (Å²) in [5.41, 5.74) is 0. The van der Waals surface area contributed by atoms with Crippen LogP contribution in [0.4, 0.5) is 0 Å². The Balaban J connectivity index is 1.65. The standard InChI is InChI=1S/C15H29N7/c1-3-16-15(18-12-14-19-13-20-21(14)2)17-8-4-5-9-22-10-6-7-11-22/h13H,3-12H2,1-2H3,(H2,16,17,18). The number of guanidine groups is 1. The second-order valence-electron chi connectivity index (χ2n) is 5.68. The lowest BCUT2D eigenvalue weighted by atomic mass is 10.3. The third kappa shape index (κ3) is 5.63. The highest BCUT2D eigenvalue weighted by molar-refractivity contribution is 5.79. The van der Waals surface area contributed by atoms with Gasteiger partial charge >= 0.3 is 0 Å². The van der Waals surface area contributed by atoms with Crippen LogP contribution in [-0.2, 0) is 13.6 Å². The molecule has 0 amide bonds.